The summed E-state index contributed by atoms with van der Waals surface area (Å²) in [5.74, 6) is -0.0163. The Morgan fingerprint density at radius 1 is 1.04 bits per heavy atom. The van der Waals surface area contributed by atoms with Gasteiger partial charge in [-0.3, -0.25) is 9.59 Å². The summed E-state index contributed by atoms with van der Waals surface area (Å²) in [5, 5.41) is 2.72. The molecule has 1 amide bonds. The number of benzene rings is 2. The fourth-order valence-electron chi connectivity index (χ4n) is 2.25. The molecule has 0 unspecified atom stereocenters. The predicted molar refractivity (Wildman–Crippen MR) is 102 cm³/mol. The Bertz CT molecular complexity index is 908. The van der Waals surface area contributed by atoms with Gasteiger partial charge < -0.3 is 10.1 Å². The number of hydrogen-bond acceptors (Lipinski definition) is 5. The topological polar surface area (TPSA) is 102 Å². The van der Waals surface area contributed by atoms with E-state index in [2.05, 4.69) is 10.0 Å². The van der Waals surface area contributed by atoms with Crippen molar-refractivity contribution in [3.8, 4) is 5.75 Å². The molecule has 0 heterocycles. The van der Waals surface area contributed by atoms with Crippen molar-refractivity contribution >= 4 is 21.7 Å². The first-order valence-corrected chi connectivity index (χ1v) is 9.94. The van der Waals surface area contributed by atoms with Gasteiger partial charge in [0.1, 0.15) is 5.75 Å². The van der Waals surface area contributed by atoms with E-state index in [1.165, 1.54) is 14.0 Å². The molecular formula is C19H22N2O5S. The van der Waals surface area contributed by atoms with Gasteiger partial charge in [-0.25, -0.2) is 13.1 Å². The van der Waals surface area contributed by atoms with Crippen molar-refractivity contribution in [1.82, 2.24) is 10.0 Å². The lowest BCUT2D eigenvalue weighted by Crippen LogP contribution is -2.28. The molecule has 0 aliphatic heterocycles. The molecule has 0 atom stereocenters. The Morgan fingerprint density at radius 2 is 1.70 bits per heavy atom. The number of rotatable bonds is 9. The number of carbonyl (C=O) groups excluding carboxylic acids is 2. The number of hydrogen-bond donors (Lipinski definition) is 2. The Morgan fingerprint density at radius 3 is 2.33 bits per heavy atom. The lowest BCUT2D eigenvalue weighted by molar-refractivity contribution is -0.123. The Hall–Kier alpha value is -2.71. The smallest absolute Gasteiger partial charge is 0.258 e. The summed E-state index contributed by atoms with van der Waals surface area (Å²) >= 11 is 0. The van der Waals surface area contributed by atoms with Gasteiger partial charge in [0, 0.05) is 12.1 Å². The molecule has 0 radical (unpaired) electrons. The molecule has 2 aromatic carbocycles. The van der Waals surface area contributed by atoms with Crippen LogP contribution in [0.1, 0.15) is 28.4 Å². The number of Topliss-reactive ketones (excluding diaryl/α,β-unsaturated/α-hetero) is 1. The van der Waals surface area contributed by atoms with Gasteiger partial charge in [-0.2, -0.15) is 0 Å². The molecule has 7 nitrogen and oxygen atoms in total. The van der Waals surface area contributed by atoms with Crippen molar-refractivity contribution in [3.05, 3.63) is 65.2 Å². The second-order valence-corrected chi connectivity index (χ2v) is 7.86. The molecule has 8 heteroatoms. The monoisotopic (exact) mass is 390 g/mol. The van der Waals surface area contributed by atoms with Crippen molar-refractivity contribution < 1.29 is 22.7 Å². The Balaban J connectivity index is 1.81. The quantitative estimate of drug-likeness (QED) is 0.634. The fourth-order valence-corrected chi connectivity index (χ4v) is 3.03. The summed E-state index contributed by atoms with van der Waals surface area (Å²) in [6.07, 6.45) is 0. The van der Waals surface area contributed by atoms with Crippen LogP contribution < -0.4 is 14.8 Å². The van der Waals surface area contributed by atoms with E-state index in [1.54, 1.807) is 48.5 Å². The minimum absolute atomic E-state index is 0.0733. The molecule has 0 fully saturated rings. The first kappa shape index (κ1) is 20.6. The highest BCUT2D eigenvalue weighted by Gasteiger charge is 2.09. The van der Waals surface area contributed by atoms with Gasteiger partial charge in [0.05, 0.1) is 5.75 Å². The zero-order valence-corrected chi connectivity index (χ0v) is 16.0. The molecule has 2 aromatic rings. The third kappa shape index (κ3) is 6.84. The van der Waals surface area contributed by atoms with E-state index >= 15 is 0 Å². The molecule has 0 saturated heterocycles. The van der Waals surface area contributed by atoms with Crippen LogP contribution in [0.2, 0.25) is 0 Å². The van der Waals surface area contributed by atoms with Crippen LogP contribution in [-0.4, -0.2) is 33.8 Å². The number of carbonyl (C=O) groups is 2. The van der Waals surface area contributed by atoms with Crippen molar-refractivity contribution in [2.45, 2.75) is 19.2 Å². The van der Waals surface area contributed by atoms with E-state index in [9.17, 15) is 18.0 Å². The molecule has 144 valence electrons. The second kappa shape index (κ2) is 9.29. The lowest BCUT2D eigenvalue weighted by Gasteiger charge is -2.09. The highest BCUT2D eigenvalue weighted by atomic mass is 32.2. The van der Waals surface area contributed by atoms with Gasteiger partial charge in [0.15, 0.2) is 12.4 Å². The van der Waals surface area contributed by atoms with Crippen LogP contribution in [0.5, 0.6) is 5.75 Å². The molecule has 0 aliphatic rings. The normalized spacial score (nSPS) is 11.0. The van der Waals surface area contributed by atoms with E-state index < -0.39 is 10.0 Å². The van der Waals surface area contributed by atoms with Crippen LogP contribution in [0.4, 0.5) is 0 Å². The van der Waals surface area contributed by atoms with Crippen LogP contribution >= 0.6 is 0 Å². The number of nitrogens with one attached hydrogen (secondary N) is 2. The SMILES string of the molecule is CNS(=O)(=O)Cc1ccc(CNC(=O)COc2cccc(C(C)=O)c2)cc1. The number of sulfonamides is 1. The van der Waals surface area contributed by atoms with Gasteiger partial charge in [-0.15, -0.1) is 0 Å². The molecule has 0 spiro atoms. The molecule has 2 N–H and O–H groups in total. The minimum Gasteiger partial charge on any atom is -0.484 e. The van der Waals surface area contributed by atoms with E-state index in [4.69, 9.17) is 4.74 Å². The molecule has 0 bridgehead atoms. The van der Waals surface area contributed by atoms with E-state index in [0.717, 1.165) is 5.56 Å². The summed E-state index contributed by atoms with van der Waals surface area (Å²) < 4.78 is 30.7. The summed E-state index contributed by atoms with van der Waals surface area (Å²) in [6, 6.07) is 13.6. The Labute approximate surface area is 158 Å². The summed E-state index contributed by atoms with van der Waals surface area (Å²) in [5.41, 5.74) is 2.02. The van der Waals surface area contributed by atoms with Gasteiger partial charge >= 0.3 is 0 Å². The van der Waals surface area contributed by atoms with Crippen molar-refractivity contribution in [2.75, 3.05) is 13.7 Å². The average Bonchev–Trinajstić information content (AvgIpc) is 2.65. The van der Waals surface area contributed by atoms with Crippen LogP contribution in [-0.2, 0) is 27.1 Å². The van der Waals surface area contributed by atoms with Gasteiger partial charge in [0.25, 0.3) is 5.91 Å². The second-order valence-electron chi connectivity index (χ2n) is 5.93. The molecule has 27 heavy (non-hydrogen) atoms. The third-order valence-corrected chi connectivity index (χ3v) is 5.13. The largest absolute Gasteiger partial charge is 0.484 e. The fraction of sp³-hybridized carbons (Fsp3) is 0.263. The number of ketones is 1. The summed E-state index contributed by atoms with van der Waals surface area (Å²) in [7, 11) is -1.94. The van der Waals surface area contributed by atoms with Crippen molar-refractivity contribution in [3.63, 3.8) is 0 Å². The Kier molecular flexibility index (Phi) is 7.09. The zero-order valence-electron chi connectivity index (χ0n) is 15.2. The third-order valence-electron chi connectivity index (χ3n) is 3.79. The maximum absolute atomic E-state index is 11.9. The predicted octanol–water partition coefficient (Wildman–Crippen LogP) is 1.63. The van der Waals surface area contributed by atoms with Gasteiger partial charge in [-0.1, -0.05) is 36.4 Å². The van der Waals surface area contributed by atoms with E-state index in [-0.39, 0.29) is 24.1 Å². The minimum atomic E-state index is -3.31. The van der Waals surface area contributed by atoms with Gasteiger partial charge in [-0.05, 0) is 37.2 Å². The van der Waals surface area contributed by atoms with Crippen LogP contribution in [0.15, 0.2) is 48.5 Å². The highest BCUT2D eigenvalue weighted by molar-refractivity contribution is 7.88. The molecule has 2 rings (SSSR count). The maximum Gasteiger partial charge on any atom is 0.258 e. The summed E-state index contributed by atoms with van der Waals surface area (Å²) in [6.45, 7) is 1.60. The first-order chi connectivity index (χ1) is 12.8. The lowest BCUT2D eigenvalue weighted by atomic mass is 10.1. The molecule has 0 aliphatic carbocycles. The van der Waals surface area contributed by atoms with Crippen molar-refractivity contribution in [2.24, 2.45) is 0 Å². The molecule has 0 aromatic heterocycles. The average molecular weight is 390 g/mol. The van der Waals surface area contributed by atoms with Crippen LogP contribution in [0, 0.1) is 0 Å². The van der Waals surface area contributed by atoms with Crippen LogP contribution in [0.25, 0.3) is 0 Å². The number of ether oxygens (including phenoxy) is 1. The zero-order chi connectivity index (χ0) is 19.9. The summed E-state index contributed by atoms with van der Waals surface area (Å²) in [4.78, 5) is 23.3. The standard InChI is InChI=1S/C19H22N2O5S/c1-14(22)17-4-3-5-18(10-17)26-12-19(23)21-11-15-6-8-16(9-7-15)13-27(24,25)20-2/h3-10,20H,11-13H2,1-2H3,(H,21,23). The van der Waals surface area contributed by atoms with E-state index in [0.29, 0.717) is 23.4 Å². The van der Waals surface area contributed by atoms with E-state index in [1.807, 2.05) is 0 Å². The molecular weight excluding hydrogens is 368 g/mol. The van der Waals surface area contributed by atoms with Crippen LogP contribution in [0.3, 0.4) is 0 Å². The number of amides is 1. The van der Waals surface area contributed by atoms with Gasteiger partial charge in [0.2, 0.25) is 10.0 Å². The first-order valence-electron chi connectivity index (χ1n) is 8.28. The van der Waals surface area contributed by atoms with Crippen molar-refractivity contribution in [1.29, 1.82) is 0 Å². The molecule has 0 saturated carbocycles. The highest BCUT2D eigenvalue weighted by Crippen LogP contribution is 2.13. The maximum atomic E-state index is 11.9.